The first kappa shape index (κ1) is 12.5. The summed E-state index contributed by atoms with van der Waals surface area (Å²) in [6.07, 6.45) is 0. The van der Waals surface area contributed by atoms with Gasteiger partial charge in [-0.25, -0.2) is 0 Å². The van der Waals surface area contributed by atoms with Crippen LogP contribution < -0.4 is 5.73 Å². The van der Waals surface area contributed by atoms with Crippen molar-refractivity contribution in [2.24, 2.45) is 5.73 Å². The number of hydrogen-bond acceptors (Lipinski definition) is 2. The van der Waals surface area contributed by atoms with Gasteiger partial charge in [0, 0.05) is 5.02 Å². The van der Waals surface area contributed by atoms with Crippen molar-refractivity contribution in [2.45, 2.75) is 6.04 Å². The van der Waals surface area contributed by atoms with Crippen LogP contribution in [0.3, 0.4) is 0 Å². The zero-order chi connectivity index (χ0) is 9.97. The van der Waals surface area contributed by atoms with Crippen molar-refractivity contribution >= 4 is 35.3 Å². The molecular formula is C11H11Cl2NS. The average molecular weight is 260 g/mol. The smallest absolute Gasteiger partial charge is 0.0574 e. The highest BCUT2D eigenvalue weighted by Gasteiger charge is 2.11. The maximum Gasteiger partial charge on any atom is 0.0574 e. The van der Waals surface area contributed by atoms with Crippen LogP contribution in [0.5, 0.6) is 0 Å². The molecule has 2 N–H and O–H groups in total. The minimum absolute atomic E-state index is 0. The Bertz CT molecular complexity index is 414. The molecule has 0 amide bonds. The van der Waals surface area contributed by atoms with Gasteiger partial charge in [0.2, 0.25) is 0 Å². The summed E-state index contributed by atoms with van der Waals surface area (Å²) in [5.74, 6) is 0. The van der Waals surface area contributed by atoms with Crippen LogP contribution in [0, 0.1) is 0 Å². The van der Waals surface area contributed by atoms with E-state index < -0.39 is 0 Å². The van der Waals surface area contributed by atoms with Crippen molar-refractivity contribution in [1.29, 1.82) is 0 Å². The summed E-state index contributed by atoms with van der Waals surface area (Å²) in [5.41, 5.74) is 8.18. The summed E-state index contributed by atoms with van der Waals surface area (Å²) in [6.45, 7) is 0. The highest BCUT2D eigenvalue weighted by atomic mass is 35.5. The summed E-state index contributed by atoms with van der Waals surface area (Å²) in [6, 6.07) is 9.60. The van der Waals surface area contributed by atoms with E-state index >= 15 is 0 Å². The van der Waals surface area contributed by atoms with Gasteiger partial charge in [-0.1, -0.05) is 29.8 Å². The highest BCUT2D eigenvalue weighted by molar-refractivity contribution is 7.08. The van der Waals surface area contributed by atoms with Crippen LogP contribution in [0.4, 0.5) is 0 Å². The summed E-state index contributed by atoms with van der Waals surface area (Å²) >= 11 is 7.70. The normalized spacial score (nSPS) is 11.9. The van der Waals surface area contributed by atoms with E-state index in [0.29, 0.717) is 0 Å². The largest absolute Gasteiger partial charge is 0.320 e. The molecule has 0 aliphatic carbocycles. The minimum atomic E-state index is -0.116. The van der Waals surface area contributed by atoms with Crippen molar-refractivity contribution < 1.29 is 0 Å². The Balaban J connectivity index is 0.00000112. The van der Waals surface area contributed by atoms with E-state index in [-0.39, 0.29) is 18.4 Å². The lowest BCUT2D eigenvalue weighted by molar-refractivity contribution is 0.877. The number of thiophene rings is 1. The zero-order valence-corrected chi connectivity index (χ0v) is 10.3. The molecule has 0 aliphatic rings. The molecule has 2 rings (SSSR count). The summed E-state index contributed by atoms with van der Waals surface area (Å²) in [5, 5.41) is 4.80. The molecule has 0 unspecified atom stereocenters. The molecular weight excluding hydrogens is 249 g/mol. The second kappa shape index (κ2) is 5.52. The molecule has 1 atom stereocenters. The van der Waals surface area contributed by atoms with E-state index in [2.05, 4.69) is 0 Å². The Hall–Kier alpha value is -0.540. The Labute approximate surface area is 104 Å². The first-order chi connectivity index (χ1) is 6.79. The van der Waals surface area contributed by atoms with Crippen molar-refractivity contribution in [3.8, 4) is 0 Å². The van der Waals surface area contributed by atoms with Gasteiger partial charge in [0.25, 0.3) is 0 Å². The first-order valence-corrected chi connectivity index (χ1v) is 5.63. The quantitative estimate of drug-likeness (QED) is 0.871. The van der Waals surface area contributed by atoms with Gasteiger partial charge in [-0.15, -0.1) is 12.4 Å². The lowest BCUT2D eigenvalue weighted by Gasteiger charge is -2.11. The van der Waals surface area contributed by atoms with Crippen LogP contribution in [0.25, 0.3) is 0 Å². The standard InChI is InChI=1S/C11H10ClNS.ClH/c12-10-4-2-1-3-9(10)11(13)8-5-6-14-7-8;/h1-7,11H,13H2;1H/t11-;/m0./s1. The molecule has 2 aromatic rings. The van der Waals surface area contributed by atoms with Gasteiger partial charge in [0.15, 0.2) is 0 Å². The Morgan fingerprint density at radius 2 is 1.93 bits per heavy atom. The fraction of sp³-hybridized carbons (Fsp3) is 0.0909. The number of benzene rings is 1. The molecule has 0 spiro atoms. The van der Waals surface area contributed by atoms with Crippen LogP contribution in [-0.2, 0) is 0 Å². The lowest BCUT2D eigenvalue weighted by Crippen LogP contribution is -2.11. The van der Waals surface area contributed by atoms with E-state index in [0.717, 1.165) is 16.1 Å². The molecule has 0 saturated heterocycles. The number of hydrogen-bond donors (Lipinski definition) is 1. The van der Waals surface area contributed by atoms with Crippen molar-refractivity contribution in [3.05, 3.63) is 57.2 Å². The van der Waals surface area contributed by atoms with Gasteiger partial charge in [0.05, 0.1) is 6.04 Å². The van der Waals surface area contributed by atoms with Crippen molar-refractivity contribution in [2.75, 3.05) is 0 Å². The Morgan fingerprint density at radius 1 is 1.20 bits per heavy atom. The molecule has 1 heterocycles. The van der Waals surface area contributed by atoms with Gasteiger partial charge in [-0.05, 0) is 34.0 Å². The predicted molar refractivity (Wildman–Crippen MR) is 69.0 cm³/mol. The third-order valence-corrected chi connectivity index (χ3v) is 3.19. The van der Waals surface area contributed by atoms with Crippen LogP contribution in [-0.4, -0.2) is 0 Å². The Kier molecular flexibility index (Phi) is 4.61. The van der Waals surface area contributed by atoms with Crippen LogP contribution in [0.1, 0.15) is 17.2 Å². The third kappa shape index (κ3) is 2.73. The molecule has 0 aliphatic heterocycles. The number of nitrogens with two attached hydrogens (primary N) is 1. The molecule has 15 heavy (non-hydrogen) atoms. The van der Waals surface area contributed by atoms with Gasteiger partial charge < -0.3 is 5.73 Å². The minimum Gasteiger partial charge on any atom is -0.320 e. The second-order valence-corrected chi connectivity index (χ2v) is 4.24. The Morgan fingerprint density at radius 3 is 2.53 bits per heavy atom. The average Bonchev–Trinajstić information content (AvgIpc) is 2.70. The molecule has 1 aromatic carbocycles. The maximum absolute atomic E-state index is 6.08. The topological polar surface area (TPSA) is 26.0 Å². The fourth-order valence-electron chi connectivity index (χ4n) is 1.36. The molecule has 80 valence electrons. The van der Waals surface area contributed by atoms with Gasteiger partial charge in [0.1, 0.15) is 0 Å². The van der Waals surface area contributed by atoms with E-state index in [1.807, 2.05) is 41.1 Å². The molecule has 4 heteroatoms. The molecule has 1 aromatic heterocycles. The highest BCUT2D eigenvalue weighted by Crippen LogP contribution is 2.27. The van der Waals surface area contributed by atoms with Crippen LogP contribution in [0.15, 0.2) is 41.1 Å². The van der Waals surface area contributed by atoms with Crippen LogP contribution in [0.2, 0.25) is 5.02 Å². The van der Waals surface area contributed by atoms with E-state index in [9.17, 15) is 0 Å². The number of rotatable bonds is 2. The number of halogens is 2. The SMILES string of the molecule is Cl.N[C@@H](c1ccsc1)c1ccccc1Cl. The molecule has 0 saturated carbocycles. The summed E-state index contributed by atoms with van der Waals surface area (Å²) in [4.78, 5) is 0. The molecule has 0 fully saturated rings. The molecule has 1 nitrogen and oxygen atoms in total. The second-order valence-electron chi connectivity index (χ2n) is 3.06. The van der Waals surface area contributed by atoms with Gasteiger partial charge in [-0.2, -0.15) is 11.3 Å². The van der Waals surface area contributed by atoms with Gasteiger partial charge >= 0.3 is 0 Å². The predicted octanol–water partition coefficient (Wildman–Crippen LogP) is 3.87. The maximum atomic E-state index is 6.08. The molecule has 0 bridgehead atoms. The van der Waals surface area contributed by atoms with E-state index in [4.69, 9.17) is 17.3 Å². The fourth-order valence-corrected chi connectivity index (χ4v) is 2.31. The van der Waals surface area contributed by atoms with Crippen LogP contribution >= 0.6 is 35.3 Å². The lowest BCUT2D eigenvalue weighted by atomic mass is 10.0. The first-order valence-electron chi connectivity index (χ1n) is 4.31. The van der Waals surface area contributed by atoms with E-state index in [1.165, 1.54) is 0 Å². The van der Waals surface area contributed by atoms with Crippen molar-refractivity contribution in [1.82, 2.24) is 0 Å². The van der Waals surface area contributed by atoms with E-state index in [1.54, 1.807) is 11.3 Å². The summed E-state index contributed by atoms with van der Waals surface area (Å²) < 4.78 is 0. The zero-order valence-electron chi connectivity index (χ0n) is 7.89. The van der Waals surface area contributed by atoms with Gasteiger partial charge in [-0.3, -0.25) is 0 Å². The third-order valence-electron chi connectivity index (χ3n) is 2.14. The summed E-state index contributed by atoms with van der Waals surface area (Å²) in [7, 11) is 0. The molecule has 0 radical (unpaired) electrons. The monoisotopic (exact) mass is 259 g/mol. The van der Waals surface area contributed by atoms with Crippen molar-refractivity contribution in [3.63, 3.8) is 0 Å².